The molecule has 0 atom stereocenters. The van der Waals surface area contributed by atoms with Crippen LogP contribution in [0.15, 0.2) is 41.0 Å². The molecule has 0 aliphatic heterocycles. The van der Waals surface area contributed by atoms with Crippen LogP contribution in [0.4, 0.5) is 5.69 Å². The highest BCUT2D eigenvalue weighted by Gasteiger charge is 2.38. The number of benzene rings is 1. The monoisotopic (exact) mass is 319 g/mol. The highest BCUT2D eigenvalue weighted by atomic mass is 15.1. The average Bonchev–Trinajstić information content (AvgIpc) is 2.84. The summed E-state index contributed by atoms with van der Waals surface area (Å²) >= 11 is 0. The fourth-order valence-corrected chi connectivity index (χ4v) is 4.82. The highest BCUT2D eigenvalue weighted by Crippen LogP contribution is 2.52. The van der Waals surface area contributed by atoms with E-state index in [4.69, 9.17) is 0 Å². The molecule has 24 heavy (non-hydrogen) atoms. The zero-order chi connectivity index (χ0) is 17.3. The van der Waals surface area contributed by atoms with E-state index in [9.17, 15) is 0 Å². The molecule has 4 rings (SSSR count). The van der Waals surface area contributed by atoms with Gasteiger partial charge in [-0.3, -0.25) is 0 Å². The molecule has 3 aliphatic carbocycles. The first-order valence-corrected chi connectivity index (χ1v) is 9.17. The van der Waals surface area contributed by atoms with E-state index in [1.54, 1.807) is 22.3 Å². The molecule has 0 unspecified atom stereocenters. The molecule has 0 aromatic heterocycles. The van der Waals surface area contributed by atoms with Crippen molar-refractivity contribution >= 4 is 17.3 Å². The number of fused-ring (bicyclic) bond motifs is 3. The van der Waals surface area contributed by atoms with Gasteiger partial charge < -0.3 is 4.90 Å². The Bertz CT molecular complexity index is 904. The molecule has 0 fully saturated rings. The van der Waals surface area contributed by atoms with Gasteiger partial charge >= 0.3 is 0 Å². The van der Waals surface area contributed by atoms with E-state index >= 15 is 0 Å². The van der Waals surface area contributed by atoms with Crippen molar-refractivity contribution in [3.63, 3.8) is 0 Å². The number of anilines is 1. The van der Waals surface area contributed by atoms with Crippen LogP contribution in [0.3, 0.4) is 0 Å². The van der Waals surface area contributed by atoms with Crippen LogP contribution in [-0.2, 0) is 0 Å². The Morgan fingerprint density at radius 3 is 2.42 bits per heavy atom. The molecule has 0 saturated heterocycles. The summed E-state index contributed by atoms with van der Waals surface area (Å²) in [5.74, 6) is 0. The van der Waals surface area contributed by atoms with Crippen LogP contribution in [0.25, 0.3) is 11.6 Å². The smallest absolute Gasteiger partial charge is 0.0367 e. The normalized spacial score (nSPS) is 23.1. The Morgan fingerprint density at radius 2 is 1.71 bits per heavy atom. The predicted molar refractivity (Wildman–Crippen MR) is 104 cm³/mol. The van der Waals surface area contributed by atoms with E-state index in [-0.39, 0.29) is 5.41 Å². The van der Waals surface area contributed by atoms with Gasteiger partial charge in [-0.1, -0.05) is 45.9 Å². The maximum atomic E-state index is 2.55. The molecule has 0 amide bonds. The summed E-state index contributed by atoms with van der Waals surface area (Å²) in [5, 5.41) is 2.86. The molecular formula is C23H29N. The van der Waals surface area contributed by atoms with Crippen molar-refractivity contribution in [2.24, 2.45) is 10.8 Å². The second kappa shape index (κ2) is 4.88. The van der Waals surface area contributed by atoms with Crippen LogP contribution in [-0.4, -0.2) is 14.1 Å². The topological polar surface area (TPSA) is 3.24 Å². The van der Waals surface area contributed by atoms with Gasteiger partial charge in [-0.25, -0.2) is 0 Å². The lowest BCUT2D eigenvalue weighted by Gasteiger charge is -2.31. The Morgan fingerprint density at radius 1 is 0.958 bits per heavy atom. The van der Waals surface area contributed by atoms with Crippen molar-refractivity contribution < 1.29 is 0 Å². The first kappa shape index (κ1) is 15.7. The van der Waals surface area contributed by atoms with E-state index in [2.05, 4.69) is 77.0 Å². The van der Waals surface area contributed by atoms with Crippen LogP contribution in [0, 0.1) is 10.8 Å². The molecule has 0 spiro atoms. The summed E-state index contributed by atoms with van der Waals surface area (Å²) in [6.45, 7) is 9.54. The molecular weight excluding hydrogens is 290 g/mol. The minimum Gasteiger partial charge on any atom is -0.378 e. The Kier molecular flexibility index (Phi) is 3.20. The summed E-state index contributed by atoms with van der Waals surface area (Å²) in [6.07, 6.45) is 8.65. The van der Waals surface area contributed by atoms with Gasteiger partial charge in [0.05, 0.1) is 0 Å². The zero-order valence-electron chi connectivity index (χ0n) is 16.0. The Labute approximate surface area is 146 Å². The Hall–Kier alpha value is -1.76. The third kappa shape index (κ3) is 2.29. The van der Waals surface area contributed by atoms with Crippen molar-refractivity contribution in [3.8, 4) is 0 Å². The van der Waals surface area contributed by atoms with Gasteiger partial charge in [0, 0.05) is 25.2 Å². The fourth-order valence-electron chi connectivity index (χ4n) is 4.82. The van der Waals surface area contributed by atoms with Crippen LogP contribution in [0.2, 0.25) is 0 Å². The summed E-state index contributed by atoms with van der Waals surface area (Å²) < 4.78 is 0. The van der Waals surface area contributed by atoms with Gasteiger partial charge in [-0.15, -0.1) is 0 Å². The lowest BCUT2D eigenvalue weighted by Crippen LogP contribution is -2.36. The number of hydrogen-bond donors (Lipinski definition) is 0. The fraction of sp³-hybridized carbons (Fsp3) is 0.478. The number of allylic oxidation sites excluding steroid dienone is 4. The van der Waals surface area contributed by atoms with Crippen LogP contribution >= 0.6 is 0 Å². The lowest BCUT2D eigenvalue weighted by atomic mass is 9.73. The largest absolute Gasteiger partial charge is 0.378 e. The average molecular weight is 319 g/mol. The van der Waals surface area contributed by atoms with Crippen LogP contribution in [0.1, 0.15) is 47.0 Å². The standard InChI is InChI=1S/C23H29N/c1-22(2)10-9-18-16(13-22)11-20-19-12-17(24(5)6)8-7-15(19)14-23(3,4)21(18)20/h7-8,12-14H,9-11H2,1-6H3. The molecule has 1 nitrogen and oxygen atoms in total. The number of rotatable bonds is 1. The van der Waals surface area contributed by atoms with Crippen LogP contribution < -0.4 is 15.3 Å². The molecule has 126 valence electrons. The molecule has 0 saturated carbocycles. The first-order valence-electron chi connectivity index (χ1n) is 9.17. The maximum Gasteiger partial charge on any atom is 0.0367 e. The van der Waals surface area contributed by atoms with Crippen LogP contribution in [0.5, 0.6) is 0 Å². The molecule has 1 heteroatoms. The number of nitrogens with zero attached hydrogens (tertiary/aromatic N) is 1. The third-order valence-corrected chi connectivity index (χ3v) is 5.98. The second-order valence-electron chi connectivity index (χ2n) is 9.20. The minimum absolute atomic E-state index is 0.133. The molecule has 3 aliphatic rings. The van der Waals surface area contributed by atoms with E-state index in [0.717, 1.165) is 6.42 Å². The van der Waals surface area contributed by atoms with Gasteiger partial charge in [-0.2, -0.15) is 0 Å². The quantitative estimate of drug-likeness (QED) is 0.751. The summed E-state index contributed by atoms with van der Waals surface area (Å²) in [7, 11) is 4.25. The van der Waals surface area contributed by atoms with E-state index in [1.165, 1.54) is 29.0 Å². The lowest BCUT2D eigenvalue weighted by molar-refractivity contribution is 0.420. The molecule has 1 aromatic rings. The minimum atomic E-state index is 0.133. The summed E-state index contributed by atoms with van der Waals surface area (Å²) in [4.78, 5) is 2.21. The van der Waals surface area contributed by atoms with Gasteiger partial charge in [0.15, 0.2) is 0 Å². The van der Waals surface area contributed by atoms with Crippen molar-refractivity contribution in [2.75, 3.05) is 19.0 Å². The third-order valence-electron chi connectivity index (χ3n) is 5.98. The molecule has 1 aromatic carbocycles. The van der Waals surface area contributed by atoms with Gasteiger partial charge in [0.2, 0.25) is 0 Å². The maximum absolute atomic E-state index is 2.55. The second-order valence-corrected chi connectivity index (χ2v) is 9.20. The first-order chi connectivity index (χ1) is 11.2. The van der Waals surface area contributed by atoms with Crippen molar-refractivity contribution in [3.05, 3.63) is 51.4 Å². The molecule has 0 bridgehead atoms. The SMILES string of the molecule is CN(C)c1ccc2c(c1)=C1CC3=CC(C)(C)CCC3=C1C(C)(C)C=2. The van der Waals surface area contributed by atoms with Gasteiger partial charge in [-0.05, 0) is 69.5 Å². The number of hydrogen-bond acceptors (Lipinski definition) is 1. The zero-order valence-corrected chi connectivity index (χ0v) is 16.0. The molecule has 0 radical (unpaired) electrons. The summed E-state index contributed by atoms with van der Waals surface area (Å²) in [5.41, 5.74) is 8.22. The van der Waals surface area contributed by atoms with Gasteiger partial charge in [0.1, 0.15) is 0 Å². The van der Waals surface area contributed by atoms with Gasteiger partial charge in [0.25, 0.3) is 0 Å². The van der Waals surface area contributed by atoms with E-state index in [0.29, 0.717) is 5.41 Å². The van der Waals surface area contributed by atoms with Crippen molar-refractivity contribution in [1.82, 2.24) is 0 Å². The predicted octanol–water partition coefficient (Wildman–Crippen LogP) is 4.17. The van der Waals surface area contributed by atoms with Crippen molar-refractivity contribution in [1.29, 1.82) is 0 Å². The van der Waals surface area contributed by atoms with E-state index < -0.39 is 0 Å². The van der Waals surface area contributed by atoms with E-state index in [1.807, 2.05) is 0 Å². The van der Waals surface area contributed by atoms with Crippen molar-refractivity contribution in [2.45, 2.75) is 47.0 Å². The molecule has 0 heterocycles. The highest BCUT2D eigenvalue weighted by molar-refractivity contribution is 5.83. The summed E-state index contributed by atoms with van der Waals surface area (Å²) in [6, 6.07) is 6.94. The Balaban J connectivity index is 2.04. The molecule has 0 N–H and O–H groups in total.